The van der Waals surface area contributed by atoms with Gasteiger partial charge < -0.3 is 0 Å². The molecule has 15 heavy (non-hydrogen) atoms. The number of hydrogen-bond donors (Lipinski definition) is 0. The van der Waals surface area contributed by atoms with Gasteiger partial charge in [0.05, 0.1) is 4.88 Å². The Morgan fingerprint density at radius 3 is 2.73 bits per heavy atom. The molecule has 0 radical (unpaired) electrons. The van der Waals surface area contributed by atoms with E-state index >= 15 is 0 Å². The molecule has 0 aliphatic rings. The maximum Gasteiger partial charge on any atom is 0.160 e. The predicted octanol–water partition coefficient (Wildman–Crippen LogP) is 3.68. The largest absolute Gasteiger partial charge is 0.297 e. The minimum Gasteiger partial charge on any atom is -0.297 e. The topological polar surface area (TPSA) is 17.1 Å². The Balaban J connectivity index is 2.53. The summed E-state index contributed by atoms with van der Waals surface area (Å²) < 4.78 is 13.7. The summed E-state index contributed by atoms with van der Waals surface area (Å²) in [7, 11) is 0. The van der Waals surface area contributed by atoms with Gasteiger partial charge in [0.15, 0.2) is 6.29 Å². The quantitative estimate of drug-likeness (QED) is 0.706. The van der Waals surface area contributed by atoms with Crippen molar-refractivity contribution in [3.05, 3.63) is 46.6 Å². The van der Waals surface area contributed by atoms with Gasteiger partial charge in [0.2, 0.25) is 0 Å². The molecule has 1 nitrogen and oxygen atoms in total. The first-order valence-corrected chi connectivity index (χ1v) is 5.34. The number of aryl methyl sites for hydroxylation is 1. The summed E-state index contributed by atoms with van der Waals surface area (Å²) in [6, 6.07) is 8.74. The number of benzene rings is 1. The number of thiophene rings is 1. The molecule has 0 N–H and O–H groups in total. The van der Waals surface area contributed by atoms with Crippen LogP contribution in [0.1, 0.15) is 15.2 Å². The third-order valence-electron chi connectivity index (χ3n) is 2.20. The molecule has 0 atom stereocenters. The lowest BCUT2D eigenvalue weighted by atomic mass is 10.1. The number of aldehydes is 1. The Hall–Kier alpha value is -1.48. The molecule has 0 saturated heterocycles. The van der Waals surface area contributed by atoms with E-state index in [1.54, 1.807) is 31.2 Å². The second-order valence-electron chi connectivity index (χ2n) is 3.26. The third kappa shape index (κ3) is 1.83. The van der Waals surface area contributed by atoms with Gasteiger partial charge in [-0.05, 0) is 24.6 Å². The van der Waals surface area contributed by atoms with E-state index in [4.69, 9.17) is 0 Å². The lowest BCUT2D eigenvalue weighted by Crippen LogP contribution is -1.85. The van der Waals surface area contributed by atoms with Gasteiger partial charge in [-0.15, -0.1) is 11.3 Å². The second kappa shape index (κ2) is 3.95. The molecule has 3 heteroatoms. The van der Waals surface area contributed by atoms with Crippen molar-refractivity contribution in [1.29, 1.82) is 0 Å². The molecular formula is C12H9FOS. The van der Waals surface area contributed by atoms with E-state index in [1.807, 2.05) is 6.07 Å². The average Bonchev–Trinajstić information content (AvgIpc) is 2.70. The molecule has 0 saturated carbocycles. The van der Waals surface area contributed by atoms with Crippen LogP contribution in [0.5, 0.6) is 0 Å². The standard InChI is InChI=1S/C12H9FOS/c1-8-3-2-4-10(12(8)13)11-6-5-9(7-14)15-11/h2-7H,1H3. The zero-order valence-corrected chi connectivity index (χ0v) is 8.98. The van der Waals surface area contributed by atoms with Gasteiger partial charge in [-0.25, -0.2) is 4.39 Å². The van der Waals surface area contributed by atoms with Gasteiger partial charge in [0.25, 0.3) is 0 Å². The molecule has 2 rings (SSSR count). The Bertz CT molecular complexity index is 502. The summed E-state index contributed by atoms with van der Waals surface area (Å²) in [5.41, 5.74) is 1.18. The van der Waals surface area contributed by atoms with Crippen molar-refractivity contribution in [3.8, 4) is 10.4 Å². The number of carbonyl (C=O) groups is 1. The van der Waals surface area contributed by atoms with Crippen LogP contribution in [0, 0.1) is 12.7 Å². The average molecular weight is 220 g/mol. The fourth-order valence-electron chi connectivity index (χ4n) is 1.40. The molecule has 0 amide bonds. The van der Waals surface area contributed by atoms with Crippen LogP contribution in [0.4, 0.5) is 4.39 Å². The van der Waals surface area contributed by atoms with Crippen LogP contribution in [0.15, 0.2) is 30.3 Å². The van der Waals surface area contributed by atoms with E-state index in [0.717, 1.165) is 11.2 Å². The summed E-state index contributed by atoms with van der Waals surface area (Å²) in [6.07, 6.45) is 0.780. The second-order valence-corrected chi connectivity index (χ2v) is 4.37. The lowest BCUT2D eigenvalue weighted by molar-refractivity contribution is 0.112. The molecule has 0 spiro atoms. The summed E-state index contributed by atoms with van der Waals surface area (Å²) in [5.74, 6) is -0.211. The fourth-order valence-corrected chi connectivity index (χ4v) is 2.24. The summed E-state index contributed by atoms with van der Waals surface area (Å²) >= 11 is 1.30. The summed E-state index contributed by atoms with van der Waals surface area (Å²) in [4.78, 5) is 11.9. The minimum atomic E-state index is -0.211. The Kier molecular flexibility index (Phi) is 2.64. The van der Waals surface area contributed by atoms with E-state index in [-0.39, 0.29) is 5.82 Å². The minimum absolute atomic E-state index is 0.211. The molecule has 0 aliphatic carbocycles. The normalized spacial score (nSPS) is 10.3. The van der Waals surface area contributed by atoms with E-state index in [1.165, 1.54) is 11.3 Å². The van der Waals surface area contributed by atoms with E-state index in [9.17, 15) is 9.18 Å². The molecule has 1 aromatic carbocycles. The van der Waals surface area contributed by atoms with Crippen LogP contribution in [0.3, 0.4) is 0 Å². The first kappa shape index (κ1) is 10.1. The number of rotatable bonds is 2. The molecule has 0 unspecified atom stereocenters. The Morgan fingerprint density at radius 2 is 2.07 bits per heavy atom. The van der Waals surface area contributed by atoms with Crippen molar-refractivity contribution in [2.24, 2.45) is 0 Å². The Morgan fingerprint density at radius 1 is 1.27 bits per heavy atom. The third-order valence-corrected chi connectivity index (χ3v) is 3.24. The van der Waals surface area contributed by atoms with Crippen LogP contribution in [-0.4, -0.2) is 6.29 Å². The highest BCUT2D eigenvalue weighted by Gasteiger charge is 2.09. The molecular weight excluding hydrogens is 211 g/mol. The highest BCUT2D eigenvalue weighted by molar-refractivity contribution is 7.17. The van der Waals surface area contributed by atoms with Crippen LogP contribution in [0.25, 0.3) is 10.4 Å². The van der Waals surface area contributed by atoms with Gasteiger partial charge >= 0.3 is 0 Å². The van der Waals surface area contributed by atoms with Gasteiger partial charge in [-0.1, -0.05) is 18.2 Å². The monoisotopic (exact) mass is 220 g/mol. The highest BCUT2D eigenvalue weighted by Crippen LogP contribution is 2.30. The van der Waals surface area contributed by atoms with Crippen LogP contribution < -0.4 is 0 Å². The summed E-state index contributed by atoms with van der Waals surface area (Å²) in [6.45, 7) is 1.73. The van der Waals surface area contributed by atoms with Gasteiger partial charge in [0.1, 0.15) is 5.82 Å². The molecule has 2 aromatic rings. The van der Waals surface area contributed by atoms with Crippen molar-refractivity contribution < 1.29 is 9.18 Å². The molecule has 0 aliphatic heterocycles. The molecule has 76 valence electrons. The zero-order chi connectivity index (χ0) is 10.8. The highest BCUT2D eigenvalue weighted by atomic mass is 32.1. The Labute approximate surface area is 91.2 Å². The number of halogens is 1. The number of hydrogen-bond acceptors (Lipinski definition) is 2. The van der Waals surface area contributed by atoms with E-state index < -0.39 is 0 Å². The fraction of sp³-hybridized carbons (Fsp3) is 0.0833. The van der Waals surface area contributed by atoms with Crippen LogP contribution in [0.2, 0.25) is 0 Å². The first-order chi connectivity index (χ1) is 7.22. The zero-order valence-electron chi connectivity index (χ0n) is 8.16. The maximum absolute atomic E-state index is 13.7. The first-order valence-electron chi connectivity index (χ1n) is 4.53. The van der Waals surface area contributed by atoms with E-state index in [2.05, 4.69) is 0 Å². The lowest BCUT2D eigenvalue weighted by Gasteiger charge is -2.01. The molecule has 1 heterocycles. The number of carbonyl (C=O) groups excluding carboxylic acids is 1. The van der Waals surface area contributed by atoms with Crippen molar-refractivity contribution in [2.75, 3.05) is 0 Å². The van der Waals surface area contributed by atoms with Gasteiger partial charge in [0, 0.05) is 10.4 Å². The van der Waals surface area contributed by atoms with Crippen molar-refractivity contribution in [1.82, 2.24) is 0 Å². The predicted molar refractivity (Wildman–Crippen MR) is 59.8 cm³/mol. The van der Waals surface area contributed by atoms with Gasteiger partial charge in [-0.3, -0.25) is 4.79 Å². The van der Waals surface area contributed by atoms with Crippen LogP contribution >= 0.6 is 11.3 Å². The SMILES string of the molecule is Cc1cccc(-c2ccc(C=O)s2)c1F. The van der Waals surface area contributed by atoms with Crippen molar-refractivity contribution >= 4 is 17.6 Å². The van der Waals surface area contributed by atoms with E-state index in [0.29, 0.717) is 16.0 Å². The molecule has 1 aromatic heterocycles. The van der Waals surface area contributed by atoms with Crippen molar-refractivity contribution in [3.63, 3.8) is 0 Å². The smallest absolute Gasteiger partial charge is 0.160 e. The van der Waals surface area contributed by atoms with Crippen molar-refractivity contribution in [2.45, 2.75) is 6.92 Å². The molecule has 0 bridgehead atoms. The maximum atomic E-state index is 13.7. The molecule has 0 fully saturated rings. The summed E-state index contributed by atoms with van der Waals surface area (Å²) in [5, 5.41) is 0. The van der Waals surface area contributed by atoms with Gasteiger partial charge in [-0.2, -0.15) is 0 Å². The van der Waals surface area contributed by atoms with Crippen LogP contribution in [-0.2, 0) is 0 Å².